The second-order valence-corrected chi connectivity index (χ2v) is 8.60. The molecule has 0 saturated carbocycles. The molecule has 174 valence electrons. The van der Waals surface area contributed by atoms with Crippen LogP contribution in [0.3, 0.4) is 0 Å². The van der Waals surface area contributed by atoms with E-state index in [0.29, 0.717) is 31.1 Å². The number of amides is 1. The van der Waals surface area contributed by atoms with Gasteiger partial charge in [-0.15, -0.1) is 0 Å². The number of ether oxygens (including phenoxy) is 2. The summed E-state index contributed by atoms with van der Waals surface area (Å²) < 4.78 is 39.2. The van der Waals surface area contributed by atoms with Crippen molar-refractivity contribution >= 4 is 28.6 Å². The number of halogens is 2. The van der Waals surface area contributed by atoms with Gasteiger partial charge in [0.05, 0.1) is 17.7 Å². The average Bonchev–Trinajstić information content (AvgIpc) is 3.20. The Hall–Kier alpha value is -3.76. The highest BCUT2D eigenvalue weighted by molar-refractivity contribution is 5.87. The third kappa shape index (κ3) is 5.18. The summed E-state index contributed by atoms with van der Waals surface area (Å²) in [5.41, 5.74) is -0.0624. The van der Waals surface area contributed by atoms with Crippen molar-refractivity contribution in [2.45, 2.75) is 38.9 Å². The van der Waals surface area contributed by atoms with Crippen molar-refractivity contribution in [1.29, 1.82) is 0 Å². The van der Waals surface area contributed by atoms with Crippen molar-refractivity contribution in [3.05, 3.63) is 42.2 Å². The van der Waals surface area contributed by atoms with E-state index in [0.717, 1.165) is 6.07 Å². The van der Waals surface area contributed by atoms with E-state index in [-0.39, 0.29) is 29.0 Å². The third-order valence-corrected chi connectivity index (χ3v) is 4.83. The van der Waals surface area contributed by atoms with Crippen LogP contribution < -0.4 is 10.1 Å². The first kappa shape index (κ1) is 22.4. The van der Waals surface area contributed by atoms with Gasteiger partial charge < -0.3 is 24.8 Å². The van der Waals surface area contributed by atoms with Crippen LogP contribution in [0.1, 0.15) is 27.2 Å². The van der Waals surface area contributed by atoms with E-state index in [9.17, 15) is 18.7 Å². The number of likely N-dealkylation sites (tertiary alicyclic amines) is 1. The Balaban J connectivity index is 1.52. The number of anilines is 2. The highest BCUT2D eigenvalue weighted by Gasteiger charge is 2.31. The monoisotopic (exact) mass is 459 g/mol. The molecule has 1 atom stereocenters. The number of carbonyl (C=O) groups is 1. The summed E-state index contributed by atoms with van der Waals surface area (Å²) in [4.78, 5) is 26.5. The summed E-state index contributed by atoms with van der Waals surface area (Å²) in [6.07, 6.45) is 1.18. The molecule has 9 nitrogen and oxygen atoms in total. The van der Waals surface area contributed by atoms with Gasteiger partial charge in [0, 0.05) is 31.2 Å². The van der Waals surface area contributed by atoms with Crippen molar-refractivity contribution in [3.63, 3.8) is 0 Å². The minimum atomic E-state index is -0.981. The number of pyridine rings is 1. The number of aromatic hydroxyl groups is 1. The maximum absolute atomic E-state index is 14.2. The third-order valence-electron chi connectivity index (χ3n) is 4.83. The van der Waals surface area contributed by atoms with Gasteiger partial charge in [-0.3, -0.25) is 0 Å². The lowest BCUT2D eigenvalue weighted by atomic mass is 10.2. The second kappa shape index (κ2) is 8.64. The summed E-state index contributed by atoms with van der Waals surface area (Å²) >= 11 is 0. The van der Waals surface area contributed by atoms with Crippen LogP contribution in [0.5, 0.6) is 11.6 Å². The molecule has 0 bridgehead atoms. The second-order valence-electron chi connectivity index (χ2n) is 8.60. The Morgan fingerprint density at radius 3 is 2.76 bits per heavy atom. The van der Waals surface area contributed by atoms with Crippen LogP contribution in [0.4, 0.5) is 25.1 Å². The van der Waals surface area contributed by atoms with Crippen molar-refractivity contribution < 1.29 is 28.2 Å². The predicted octanol–water partition coefficient (Wildman–Crippen LogP) is 4.14. The molecule has 0 radical (unpaired) electrons. The molecule has 1 fully saturated rings. The zero-order valence-electron chi connectivity index (χ0n) is 18.3. The lowest BCUT2D eigenvalue weighted by molar-refractivity contribution is 0.0275. The fourth-order valence-corrected chi connectivity index (χ4v) is 3.33. The molecule has 0 aliphatic carbocycles. The van der Waals surface area contributed by atoms with Gasteiger partial charge in [-0.1, -0.05) is 0 Å². The molecule has 1 saturated heterocycles. The van der Waals surface area contributed by atoms with E-state index in [1.54, 1.807) is 37.8 Å². The SMILES string of the molecule is CC(C)(C)OC(=O)N1CC[C@H](Oc2ccc3ncnc(Nc4cc(F)c(O)cc4F)c3n2)C1. The zero-order chi connectivity index (χ0) is 23.8. The van der Waals surface area contributed by atoms with E-state index in [2.05, 4.69) is 20.3 Å². The minimum Gasteiger partial charge on any atom is -0.505 e. The Labute approximate surface area is 188 Å². The van der Waals surface area contributed by atoms with Gasteiger partial charge in [0.15, 0.2) is 23.2 Å². The van der Waals surface area contributed by atoms with Crippen molar-refractivity contribution in [1.82, 2.24) is 19.9 Å². The summed E-state index contributed by atoms with van der Waals surface area (Å²) in [5.74, 6) is -2.23. The molecule has 1 aromatic carbocycles. The van der Waals surface area contributed by atoms with Crippen LogP contribution >= 0.6 is 0 Å². The van der Waals surface area contributed by atoms with Gasteiger partial charge in [0.1, 0.15) is 23.5 Å². The molecule has 0 spiro atoms. The first-order valence-corrected chi connectivity index (χ1v) is 10.3. The van der Waals surface area contributed by atoms with Gasteiger partial charge in [0.2, 0.25) is 5.88 Å². The molecule has 1 aliphatic rings. The van der Waals surface area contributed by atoms with E-state index in [1.807, 2.05) is 0 Å². The topological polar surface area (TPSA) is 110 Å². The van der Waals surface area contributed by atoms with Crippen LogP contribution in [-0.4, -0.2) is 55.8 Å². The lowest BCUT2D eigenvalue weighted by Gasteiger charge is -2.24. The van der Waals surface area contributed by atoms with Crippen molar-refractivity contribution in [2.24, 2.45) is 0 Å². The van der Waals surface area contributed by atoms with E-state index in [1.165, 1.54) is 6.33 Å². The van der Waals surface area contributed by atoms with Crippen LogP contribution in [0.15, 0.2) is 30.6 Å². The van der Waals surface area contributed by atoms with Gasteiger partial charge in [-0.05, 0) is 26.8 Å². The summed E-state index contributed by atoms with van der Waals surface area (Å²) in [7, 11) is 0. The molecule has 33 heavy (non-hydrogen) atoms. The summed E-state index contributed by atoms with van der Waals surface area (Å²) in [6.45, 7) is 6.26. The number of hydrogen-bond donors (Lipinski definition) is 2. The fraction of sp³-hybridized carbons (Fsp3) is 0.364. The highest BCUT2D eigenvalue weighted by Crippen LogP contribution is 2.29. The molecular weight excluding hydrogens is 436 g/mol. The number of carbonyl (C=O) groups excluding carboxylic acids is 1. The summed E-state index contributed by atoms with van der Waals surface area (Å²) in [5, 5.41) is 12.0. The normalized spacial score (nSPS) is 16.2. The minimum absolute atomic E-state index is 0.135. The number of nitrogens with zero attached hydrogens (tertiary/aromatic N) is 4. The molecule has 4 rings (SSSR count). The molecule has 11 heteroatoms. The van der Waals surface area contributed by atoms with Crippen LogP contribution in [0.25, 0.3) is 11.0 Å². The Bertz CT molecular complexity index is 1200. The first-order valence-electron chi connectivity index (χ1n) is 10.3. The maximum Gasteiger partial charge on any atom is 0.410 e. The van der Waals surface area contributed by atoms with Crippen molar-refractivity contribution in [3.8, 4) is 11.6 Å². The van der Waals surface area contributed by atoms with E-state index in [4.69, 9.17) is 9.47 Å². The molecular formula is C22H23F2N5O4. The number of nitrogens with one attached hydrogen (secondary N) is 1. The van der Waals surface area contributed by atoms with Gasteiger partial charge >= 0.3 is 6.09 Å². The lowest BCUT2D eigenvalue weighted by Crippen LogP contribution is -2.36. The number of hydrogen-bond acceptors (Lipinski definition) is 8. The predicted molar refractivity (Wildman–Crippen MR) is 115 cm³/mol. The Morgan fingerprint density at radius 2 is 2.00 bits per heavy atom. The number of aromatic nitrogens is 3. The molecule has 2 aromatic heterocycles. The first-order chi connectivity index (χ1) is 15.6. The molecule has 1 aliphatic heterocycles. The molecule has 3 aromatic rings. The summed E-state index contributed by atoms with van der Waals surface area (Å²) in [6, 6.07) is 4.79. The highest BCUT2D eigenvalue weighted by atomic mass is 19.1. The van der Waals surface area contributed by atoms with Crippen LogP contribution in [0.2, 0.25) is 0 Å². The van der Waals surface area contributed by atoms with Gasteiger partial charge in [-0.25, -0.2) is 28.5 Å². The number of phenols is 1. The number of rotatable bonds is 4. The van der Waals surface area contributed by atoms with Crippen LogP contribution in [0, 0.1) is 11.6 Å². The number of benzene rings is 1. The Morgan fingerprint density at radius 1 is 1.21 bits per heavy atom. The number of fused-ring (bicyclic) bond motifs is 1. The fourth-order valence-electron chi connectivity index (χ4n) is 3.33. The number of phenolic OH excluding ortho intramolecular Hbond substituents is 1. The molecule has 1 amide bonds. The van der Waals surface area contributed by atoms with E-state index >= 15 is 0 Å². The van der Waals surface area contributed by atoms with Crippen molar-refractivity contribution in [2.75, 3.05) is 18.4 Å². The van der Waals surface area contributed by atoms with E-state index < -0.39 is 29.1 Å². The molecule has 2 N–H and O–H groups in total. The standard InChI is InChI=1S/C22H23F2N5O4/c1-22(2,3)33-21(31)29-7-6-12(10-29)32-18-5-4-15-19(28-18)20(26-11-25-15)27-16-8-14(24)17(30)9-13(16)23/h4-5,8-9,11-12,30H,6-7,10H2,1-3H3,(H,25,26,27)/t12-/m0/s1. The van der Waals surface area contributed by atoms with Gasteiger partial charge in [-0.2, -0.15) is 0 Å². The van der Waals surface area contributed by atoms with Crippen LogP contribution in [-0.2, 0) is 4.74 Å². The quantitative estimate of drug-likeness (QED) is 0.561. The zero-order valence-corrected chi connectivity index (χ0v) is 18.3. The molecule has 0 unspecified atom stereocenters. The maximum atomic E-state index is 14.2. The van der Waals surface area contributed by atoms with Gasteiger partial charge in [0.25, 0.3) is 0 Å². The smallest absolute Gasteiger partial charge is 0.410 e. The largest absolute Gasteiger partial charge is 0.505 e. The molecule has 3 heterocycles. The average molecular weight is 459 g/mol. The Kier molecular flexibility index (Phi) is 5.88.